The van der Waals surface area contributed by atoms with Gasteiger partial charge in [-0.15, -0.1) is 0 Å². The van der Waals surface area contributed by atoms with E-state index in [1.54, 1.807) is 0 Å². The molecule has 2 heteroatoms. The van der Waals surface area contributed by atoms with Crippen LogP contribution in [0.2, 0.25) is 0 Å². The molecule has 0 saturated carbocycles. The van der Waals surface area contributed by atoms with E-state index in [2.05, 4.69) is 17.4 Å². The highest BCUT2D eigenvalue weighted by Crippen LogP contribution is 2.21. The first-order valence-corrected chi connectivity index (χ1v) is 6.13. The average molecular weight is 239 g/mol. The molecule has 2 nitrogen and oxygen atoms in total. The van der Waals surface area contributed by atoms with Crippen molar-refractivity contribution in [2.45, 2.75) is 13.8 Å². The fraction of sp³-hybridized carbons (Fsp3) is 0.188. The minimum absolute atomic E-state index is 0.00111. The molecule has 0 unspecified atom stereocenters. The monoisotopic (exact) mass is 239 g/mol. The first-order valence-electron chi connectivity index (χ1n) is 6.13. The van der Waals surface area contributed by atoms with E-state index in [1.165, 1.54) is 5.56 Å². The minimum atomic E-state index is -0.00111. The van der Waals surface area contributed by atoms with Gasteiger partial charge in [-0.05, 0) is 23.3 Å². The second kappa shape index (κ2) is 5.50. The Labute approximate surface area is 108 Å². The Morgan fingerprint density at radius 2 is 1.44 bits per heavy atom. The Kier molecular flexibility index (Phi) is 3.78. The molecule has 0 aliphatic heterocycles. The smallest absolute Gasteiger partial charge is 0.226 e. The number of rotatable bonds is 3. The number of anilines is 1. The van der Waals surface area contributed by atoms with Crippen molar-refractivity contribution < 1.29 is 4.79 Å². The van der Waals surface area contributed by atoms with Gasteiger partial charge in [0.15, 0.2) is 0 Å². The first kappa shape index (κ1) is 12.4. The van der Waals surface area contributed by atoms with E-state index in [4.69, 9.17) is 0 Å². The fourth-order valence-electron chi connectivity index (χ4n) is 1.66. The maximum absolute atomic E-state index is 11.6. The van der Waals surface area contributed by atoms with Crippen LogP contribution >= 0.6 is 0 Å². The fourth-order valence-corrected chi connectivity index (χ4v) is 1.66. The molecule has 0 aliphatic rings. The van der Waals surface area contributed by atoms with Gasteiger partial charge in [0.05, 0.1) is 0 Å². The van der Waals surface area contributed by atoms with E-state index in [9.17, 15) is 4.79 Å². The van der Waals surface area contributed by atoms with E-state index in [-0.39, 0.29) is 11.8 Å². The van der Waals surface area contributed by atoms with Crippen molar-refractivity contribution in [2.24, 2.45) is 5.92 Å². The van der Waals surface area contributed by atoms with Gasteiger partial charge in [-0.2, -0.15) is 0 Å². The summed E-state index contributed by atoms with van der Waals surface area (Å²) in [5.41, 5.74) is 3.17. The average Bonchev–Trinajstić information content (AvgIpc) is 2.40. The van der Waals surface area contributed by atoms with Gasteiger partial charge in [-0.25, -0.2) is 0 Å². The van der Waals surface area contributed by atoms with Crippen LogP contribution in [0.25, 0.3) is 11.1 Å². The normalized spacial score (nSPS) is 10.4. The highest BCUT2D eigenvalue weighted by Gasteiger charge is 2.06. The Hall–Kier alpha value is -2.09. The van der Waals surface area contributed by atoms with Gasteiger partial charge >= 0.3 is 0 Å². The maximum atomic E-state index is 11.6. The molecule has 0 aliphatic carbocycles. The Bertz CT molecular complexity index is 515. The summed E-state index contributed by atoms with van der Waals surface area (Å²) >= 11 is 0. The molecular formula is C16H17NO. The zero-order valence-electron chi connectivity index (χ0n) is 10.7. The Morgan fingerprint density at radius 3 is 2.00 bits per heavy atom. The minimum Gasteiger partial charge on any atom is -0.326 e. The van der Waals surface area contributed by atoms with Gasteiger partial charge in [0.1, 0.15) is 0 Å². The van der Waals surface area contributed by atoms with E-state index in [0.29, 0.717) is 0 Å². The van der Waals surface area contributed by atoms with E-state index in [1.807, 2.05) is 56.3 Å². The van der Waals surface area contributed by atoms with Gasteiger partial charge in [-0.3, -0.25) is 4.79 Å². The standard InChI is InChI=1S/C16H17NO/c1-12(2)16(18)17-15-10-8-14(9-11-15)13-6-4-3-5-7-13/h3-12H,1-2H3,(H,17,18). The third-order valence-corrected chi connectivity index (χ3v) is 2.78. The van der Waals surface area contributed by atoms with Gasteiger partial charge in [-0.1, -0.05) is 56.3 Å². The van der Waals surface area contributed by atoms with Crippen LogP contribution in [0.15, 0.2) is 54.6 Å². The first-order chi connectivity index (χ1) is 8.66. The van der Waals surface area contributed by atoms with Crippen LogP contribution < -0.4 is 5.32 Å². The summed E-state index contributed by atoms with van der Waals surface area (Å²) in [4.78, 5) is 11.6. The maximum Gasteiger partial charge on any atom is 0.226 e. The van der Waals surface area contributed by atoms with Crippen molar-refractivity contribution >= 4 is 11.6 Å². The Balaban J connectivity index is 2.13. The van der Waals surface area contributed by atoms with Crippen molar-refractivity contribution in [2.75, 3.05) is 5.32 Å². The summed E-state index contributed by atoms with van der Waals surface area (Å²) in [5.74, 6) is 0.0428. The van der Waals surface area contributed by atoms with Crippen LogP contribution in [0.3, 0.4) is 0 Å². The summed E-state index contributed by atoms with van der Waals surface area (Å²) < 4.78 is 0. The molecule has 0 fully saturated rings. The molecule has 18 heavy (non-hydrogen) atoms. The zero-order valence-corrected chi connectivity index (χ0v) is 10.7. The second-order valence-electron chi connectivity index (χ2n) is 4.59. The molecule has 0 saturated heterocycles. The number of carbonyl (C=O) groups excluding carboxylic acids is 1. The molecule has 0 spiro atoms. The van der Waals surface area contributed by atoms with E-state index >= 15 is 0 Å². The van der Waals surface area contributed by atoms with Crippen LogP contribution in [0.1, 0.15) is 13.8 Å². The van der Waals surface area contributed by atoms with Crippen LogP contribution in [0.4, 0.5) is 5.69 Å². The van der Waals surface area contributed by atoms with Gasteiger partial charge in [0, 0.05) is 11.6 Å². The topological polar surface area (TPSA) is 29.1 Å². The molecule has 1 N–H and O–H groups in total. The molecule has 0 bridgehead atoms. The van der Waals surface area contributed by atoms with Crippen LogP contribution in [-0.2, 0) is 4.79 Å². The van der Waals surface area contributed by atoms with Crippen molar-refractivity contribution in [1.82, 2.24) is 0 Å². The lowest BCUT2D eigenvalue weighted by Gasteiger charge is -2.08. The van der Waals surface area contributed by atoms with Crippen molar-refractivity contribution in [3.8, 4) is 11.1 Å². The molecule has 2 rings (SSSR count). The quantitative estimate of drug-likeness (QED) is 0.863. The molecule has 0 radical (unpaired) electrons. The number of hydrogen-bond acceptors (Lipinski definition) is 1. The van der Waals surface area contributed by atoms with Crippen molar-refractivity contribution in [3.63, 3.8) is 0 Å². The lowest BCUT2D eigenvalue weighted by atomic mass is 10.1. The lowest BCUT2D eigenvalue weighted by molar-refractivity contribution is -0.118. The third kappa shape index (κ3) is 2.98. The predicted molar refractivity (Wildman–Crippen MR) is 75.3 cm³/mol. The number of benzene rings is 2. The number of hydrogen-bond donors (Lipinski definition) is 1. The van der Waals surface area contributed by atoms with Crippen LogP contribution in [-0.4, -0.2) is 5.91 Å². The molecule has 0 atom stereocenters. The van der Waals surface area contributed by atoms with E-state index in [0.717, 1.165) is 11.3 Å². The summed E-state index contributed by atoms with van der Waals surface area (Å²) in [6.07, 6.45) is 0. The predicted octanol–water partition coefficient (Wildman–Crippen LogP) is 3.95. The highest BCUT2D eigenvalue weighted by molar-refractivity contribution is 5.92. The molecule has 0 aromatic heterocycles. The molecule has 0 heterocycles. The van der Waals surface area contributed by atoms with E-state index < -0.39 is 0 Å². The zero-order chi connectivity index (χ0) is 13.0. The summed E-state index contributed by atoms with van der Waals surface area (Å²) in [5, 5.41) is 2.88. The molecular weight excluding hydrogens is 222 g/mol. The summed E-state index contributed by atoms with van der Waals surface area (Å²) in [7, 11) is 0. The third-order valence-electron chi connectivity index (χ3n) is 2.78. The number of nitrogens with one attached hydrogen (secondary N) is 1. The van der Waals surface area contributed by atoms with Gasteiger partial charge in [0.25, 0.3) is 0 Å². The summed E-state index contributed by atoms with van der Waals surface area (Å²) in [6, 6.07) is 18.1. The highest BCUT2D eigenvalue weighted by atomic mass is 16.1. The largest absolute Gasteiger partial charge is 0.326 e. The summed E-state index contributed by atoms with van der Waals surface area (Å²) in [6.45, 7) is 3.77. The van der Waals surface area contributed by atoms with Crippen molar-refractivity contribution in [3.05, 3.63) is 54.6 Å². The molecule has 2 aromatic rings. The van der Waals surface area contributed by atoms with Crippen LogP contribution in [0.5, 0.6) is 0 Å². The second-order valence-corrected chi connectivity index (χ2v) is 4.59. The molecule has 92 valence electrons. The Morgan fingerprint density at radius 1 is 0.889 bits per heavy atom. The number of carbonyl (C=O) groups is 1. The van der Waals surface area contributed by atoms with Gasteiger partial charge in [0.2, 0.25) is 5.91 Å². The van der Waals surface area contributed by atoms with Crippen molar-refractivity contribution in [1.29, 1.82) is 0 Å². The lowest BCUT2D eigenvalue weighted by Crippen LogP contribution is -2.17. The van der Waals surface area contributed by atoms with Crippen LogP contribution in [0, 0.1) is 5.92 Å². The van der Waals surface area contributed by atoms with Gasteiger partial charge < -0.3 is 5.32 Å². The number of amides is 1. The molecule has 1 amide bonds. The molecule has 2 aromatic carbocycles. The SMILES string of the molecule is CC(C)C(=O)Nc1ccc(-c2ccccc2)cc1.